The molecule has 0 saturated carbocycles. The molecule has 1 aromatic heterocycles. The van der Waals surface area contributed by atoms with Crippen LogP contribution in [0.5, 0.6) is 5.75 Å². The Labute approximate surface area is 181 Å². The average Bonchev–Trinajstić information content (AvgIpc) is 3.32. The second kappa shape index (κ2) is 8.17. The van der Waals surface area contributed by atoms with E-state index in [0.29, 0.717) is 37.7 Å². The third-order valence-corrected chi connectivity index (χ3v) is 5.72. The molecule has 1 amide bonds. The number of amides is 1. The van der Waals surface area contributed by atoms with E-state index in [4.69, 9.17) is 26.5 Å². The molecule has 0 aliphatic carbocycles. The zero-order valence-corrected chi connectivity index (χ0v) is 17.3. The molecule has 0 bridgehead atoms. The molecule has 1 aliphatic heterocycles. The quantitative estimate of drug-likeness (QED) is 0.441. The summed E-state index contributed by atoms with van der Waals surface area (Å²) in [6.07, 6.45) is 1.62. The molecule has 1 fully saturated rings. The zero-order valence-electron chi connectivity index (χ0n) is 15.7. The summed E-state index contributed by atoms with van der Waals surface area (Å²) < 4.78 is 11.6. The highest BCUT2D eigenvalue weighted by Crippen LogP contribution is 2.40. The van der Waals surface area contributed by atoms with Crippen molar-refractivity contribution in [2.75, 3.05) is 12.0 Å². The molecule has 1 aliphatic rings. The van der Waals surface area contributed by atoms with Crippen LogP contribution in [0.4, 0.5) is 5.69 Å². The summed E-state index contributed by atoms with van der Waals surface area (Å²) in [6.45, 7) is 0. The molecule has 6 nitrogen and oxygen atoms in total. The number of carbonyl (C=O) groups is 2. The Morgan fingerprint density at radius 2 is 1.97 bits per heavy atom. The number of methoxy groups -OCH3 is 1. The first-order valence-corrected chi connectivity index (χ1v) is 10.0. The van der Waals surface area contributed by atoms with Gasteiger partial charge in [-0.2, -0.15) is 0 Å². The van der Waals surface area contributed by atoms with Crippen molar-refractivity contribution in [1.29, 1.82) is 0 Å². The molecular formula is C22H15NO5S2. The number of hydrogen-bond donors (Lipinski definition) is 1. The number of aromatic carboxylic acids is 1. The number of para-hydroxylation sites is 2. The number of benzene rings is 2. The van der Waals surface area contributed by atoms with Gasteiger partial charge in [0.15, 0.2) is 4.32 Å². The number of rotatable bonds is 5. The molecule has 0 unspecified atom stereocenters. The largest absolute Gasteiger partial charge is 0.495 e. The third kappa shape index (κ3) is 3.74. The number of ether oxygens (including phenoxy) is 1. The molecule has 2 heterocycles. The maximum Gasteiger partial charge on any atom is 0.335 e. The number of anilines is 1. The summed E-state index contributed by atoms with van der Waals surface area (Å²) >= 11 is 6.58. The van der Waals surface area contributed by atoms with E-state index >= 15 is 0 Å². The van der Waals surface area contributed by atoms with Crippen LogP contribution >= 0.6 is 24.0 Å². The number of furan rings is 1. The van der Waals surface area contributed by atoms with Crippen LogP contribution in [0.1, 0.15) is 16.1 Å². The Hall–Kier alpha value is -3.36. The molecule has 2 aromatic carbocycles. The third-order valence-electron chi connectivity index (χ3n) is 4.41. The van der Waals surface area contributed by atoms with Gasteiger partial charge >= 0.3 is 5.97 Å². The molecule has 0 atom stereocenters. The van der Waals surface area contributed by atoms with Gasteiger partial charge in [0.1, 0.15) is 17.3 Å². The second-order valence-corrected chi connectivity index (χ2v) is 7.95. The van der Waals surface area contributed by atoms with Crippen LogP contribution < -0.4 is 9.64 Å². The van der Waals surface area contributed by atoms with Crippen molar-refractivity contribution in [2.24, 2.45) is 0 Å². The minimum Gasteiger partial charge on any atom is -0.495 e. The first-order chi connectivity index (χ1) is 14.5. The van der Waals surface area contributed by atoms with Gasteiger partial charge in [0.2, 0.25) is 0 Å². The van der Waals surface area contributed by atoms with Crippen molar-refractivity contribution >= 4 is 51.9 Å². The Morgan fingerprint density at radius 3 is 2.73 bits per heavy atom. The van der Waals surface area contributed by atoms with E-state index in [-0.39, 0.29) is 11.5 Å². The highest BCUT2D eigenvalue weighted by molar-refractivity contribution is 8.27. The number of carboxylic acid groups (broad SMARTS) is 1. The summed E-state index contributed by atoms with van der Waals surface area (Å²) in [5, 5.41) is 9.16. The Kier molecular flexibility index (Phi) is 5.43. The molecule has 3 aromatic rings. The lowest BCUT2D eigenvalue weighted by atomic mass is 10.1. The normalized spacial score (nSPS) is 15.1. The SMILES string of the molecule is COc1ccccc1N1C(=O)/C(=C/c2ccc(-c3cccc(C(=O)O)c3)o2)SC1=S. The summed E-state index contributed by atoms with van der Waals surface area (Å²) in [5.74, 6) is 0.244. The zero-order chi connectivity index (χ0) is 21.3. The summed E-state index contributed by atoms with van der Waals surface area (Å²) in [4.78, 5) is 26.0. The van der Waals surface area contributed by atoms with Crippen LogP contribution in [0.2, 0.25) is 0 Å². The lowest BCUT2D eigenvalue weighted by Crippen LogP contribution is -2.27. The number of thioether (sulfide) groups is 1. The van der Waals surface area contributed by atoms with Gasteiger partial charge in [0.25, 0.3) is 5.91 Å². The van der Waals surface area contributed by atoms with Crippen molar-refractivity contribution < 1.29 is 23.8 Å². The van der Waals surface area contributed by atoms with Crippen LogP contribution in [0, 0.1) is 0 Å². The average molecular weight is 437 g/mol. The van der Waals surface area contributed by atoms with Gasteiger partial charge in [-0.05, 0) is 36.4 Å². The van der Waals surface area contributed by atoms with Gasteiger partial charge in [-0.15, -0.1) is 0 Å². The molecule has 30 heavy (non-hydrogen) atoms. The van der Waals surface area contributed by atoms with Crippen molar-refractivity contribution in [2.45, 2.75) is 0 Å². The van der Waals surface area contributed by atoms with Gasteiger partial charge < -0.3 is 14.3 Å². The Bertz CT molecular complexity index is 1200. The van der Waals surface area contributed by atoms with Gasteiger partial charge in [0.05, 0.1) is 23.3 Å². The lowest BCUT2D eigenvalue weighted by molar-refractivity contribution is -0.113. The van der Waals surface area contributed by atoms with Gasteiger partial charge in [-0.3, -0.25) is 9.69 Å². The molecule has 1 N–H and O–H groups in total. The van der Waals surface area contributed by atoms with E-state index in [1.165, 1.54) is 35.9 Å². The highest BCUT2D eigenvalue weighted by Gasteiger charge is 2.35. The molecule has 150 valence electrons. The van der Waals surface area contributed by atoms with Crippen molar-refractivity contribution in [1.82, 2.24) is 0 Å². The lowest BCUT2D eigenvalue weighted by Gasteiger charge is -2.17. The van der Waals surface area contributed by atoms with E-state index in [1.54, 1.807) is 42.5 Å². The summed E-state index contributed by atoms with van der Waals surface area (Å²) in [5.41, 5.74) is 1.38. The number of carbonyl (C=O) groups excluding carboxylic acids is 1. The molecule has 0 spiro atoms. The van der Waals surface area contributed by atoms with Crippen molar-refractivity contribution in [3.63, 3.8) is 0 Å². The molecule has 0 radical (unpaired) electrons. The summed E-state index contributed by atoms with van der Waals surface area (Å²) in [6, 6.07) is 17.1. The number of nitrogens with zero attached hydrogens (tertiary/aromatic N) is 1. The minimum atomic E-state index is -1.01. The van der Waals surface area contributed by atoms with Crippen LogP contribution in [-0.4, -0.2) is 28.4 Å². The summed E-state index contributed by atoms with van der Waals surface area (Å²) in [7, 11) is 1.54. The standard InChI is InChI=1S/C22H15NO5S2/c1-27-18-8-3-2-7-16(18)23-20(24)19(30-22(23)29)12-15-9-10-17(28-15)13-5-4-6-14(11-13)21(25)26/h2-12H,1H3,(H,25,26)/b19-12-. The van der Waals surface area contributed by atoms with E-state index in [9.17, 15) is 9.59 Å². The first kappa shape index (κ1) is 19.9. The molecule has 4 rings (SSSR count). The fourth-order valence-electron chi connectivity index (χ4n) is 3.01. The van der Waals surface area contributed by atoms with E-state index in [1.807, 2.05) is 12.1 Å². The Balaban J connectivity index is 1.62. The molecule has 1 saturated heterocycles. The maximum absolute atomic E-state index is 13.0. The smallest absolute Gasteiger partial charge is 0.335 e. The fourth-order valence-corrected chi connectivity index (χ4v) is 4.28. The maximum atomic E-state index is 13.0. The molecule has 8 heteroatoms. The van der Waals surface area contributed by atoms with Gasteiger partial charge in [-0.1, -0.05) is 48.2 Å². The van der Waals surface area contributed by atoms with E-state index in [0.717, 1.165) is 0 Å². The number of thiocarbonyl (C=S) groups is 1. The predicted molar refractivity (Wildman–Crippen MR) is 120 cm³/mol. The molecular weight excluding hydrogens is 422 g/mol. The van der Waals surface area contributed by atoms with Gasteiger partial charge in [-0.25, -0.2) is 4.79 Å². The highest BCUT2D eigenvalue weighted by atomic mass is 32.2. The van der Waals surface area contributed by atoms with E-state index < -0.39 is 5.97 Å². The number of hydrogen-bond acceptors (Lipinski definition) is 6. The monoisotopic (exact) mass is 437 g/mol. The topological polar surface area (TPSA) is 80.0 Å². The van der Waals surface area contributed by atoms with Gasteiger partial charge in [0, 0.05) is 11.6 Å². The predicted octanol–water partition coefficient (Wildman–Crippen LogP) is 5.06. The van der Waals surface area contributed by atoms with Crippen molar-refractivity contribution in [3.05, 3.63) is 76.9 Å². The van der Waals surface area contributed by atoms with E-state index in [2.05, 4.69) is 0 Å². The first-order valence-electron chi connectivity index (χ1n) is 8.82. The second-order valence-electron chi connectivity index (χ2n) is 6.28. The fraction of sp³-hybridized carbons (Fsp3) is 0.0455. The van der Waals surface area contributed by atoms with Crippen molar-refractivity contribution in [3.8, 4) is 17.1 Å². The van der Waals surface area contributed by atoms with Crippen LogP contribution in [0.25, 0.3) is 17.4 Å². The van der Waals surface area contributed by atoms with Crippen LogP contribution in [0.15, 0.2) is 70.0 Å². The van der Waals surface area contributed by atoms with Crippen LogP contribution in [-0.2, 0) is 4.79 Å². The number of carboxylic acids is 1. The Morgan fingerprint density at radius 1 is 1.17 bits per heavy atom. The minimum absolute atomic E-state index is 0.170. The van der Waals surface area contributed by atoms with Crippen LogP contribution in [0.3, 0.4) is 0 Å².